The van der Waals surface area contributed by atoms with Crippen molar-refractivity contribution in [2.24, 2.45) is 0 Å². The molecule has 102 valence electrons. The summed E-state index contributed by atoms with van der Waals surface area (Å²) in [6.07, 6.45) is 0. The minimum Gasteiger partial charge on any atom is -0.489 e. The first kappa shape index (κ1) is 14.7. The first-order valence-electron chi connectivity index (χ1n) is 6.25. The lowest BCUT2D eigenvalue weighted by atomic mass is 10.1. The first-order valence-corrected chi connectivity index (χ1v) is 7.78. The average molecular weight is 378 g/mol. The topological polar surface area (TPSA) is 45.0 Å². The van der Waals surface area contributed by atoms with Gasteiger partial charge in [-0.15, -0.1) is 0 Å². The van der Waals surface area contributed by atoms with Gasteiger partial charge in [0.2, 0.25) is 0 Å². The Kier molecular flexibility index (Phi) is 5.24. The number of benzene rings is 2. The number of hydrogen-bond donors (Lipinski definition) is 1. The summed E-state index contributed by atoms with van der Waals surface area (Å²) < 4.78 is 6.76. The van der Waals surface area contributed by atoms with Crippen LogP contribution in [0.5, 0.6) is 5.75 Å². The molecule has 1 N–H and O–H groups in total. The van der Waals surface area contributed by atoms with Gasteiger partial charge < -0.3 is 10.1 Å². The van der Waals surface area contributed by atoms with Crippen LogP contribution in [0.15, 0.2) is 42.5 Å². The van der Waals surface area contributed by atoms with Gasteiger partial charge in [0.1, 0.15) is 12.4 Å². The molecular formula is C16H15IN2O. The van der Waals surface area contributed by atoms with E-state index in [2.05, 4.69) is 40.0 Å². The van der Waals surface area contributed by atoms with E-state index in [-0.39, 0.29) is 0 Å². The highest BCUT2D eigenvalue weighted by Crippen LogP contribution is 2.26. The van der Waals surface area contributed by atoms with E-state index in [1.807, 2.05) is 37.4 Å². The third-order valence-corrected chi connectivity index (χ3v) is 3.77. The van der Waals surface area contributed by atoms with Crippen LogP contribution in [0.1, 0.15) is 16.7 Å². The molecule has 4 heteroatoms. The van der Waals surface area contributed by atoms with Crippen molar-refractivity contribution in [3.8, 4) is 11.8 Å². The van der Waals surface area contributed by atoms with E-state index in [0.717, 1.165) is 27.0 Å². The number of nitrogens with one attached hydrogen (secondary N) is 1. The van der Waals surface area contributed by atoms with Crippen LogP contribution in [0.4, 0.5) is 5.69 Å². The second kappa shape index (κ2) is 7.15. The van der Waals surface area contributed by atoms with Crippen LogP contribution in [-0.4, -0.2) is 7.05 Å². The molecule has 0 aliphatic heterocycles. The van der Waals surface area contributed by atoms with Crippen molar-refractivity contribution >= 4 is 28.3 Å². The van der Waals surface area contributed by atoms with Gasteiger partial charge in [0, 0.05) is 22.7 Å². The number of rotatable bonds is 5. The maximum Gasteiger partial charge on any atom is 0.123 e. The fourth-order valence-corrected chi connectivity index (χ4v) is 2.47. The number of anilines is 1. The molecule has 3 nitrogen and oxygen atoms in total. The summed E-state index contributed by atoms with van der Waals surface area (Å²) in [4.78, 5) is 0. The van der Waals surface area contributed by atoms with Gasteiger partial charge in [-0.25, -0.2) is 0 Å². The van der Waals surface area contributed by atoms with Crippen molar-refractivity contribution in [2.75, 3.05) is 12.4 Å². The maximum absolute atomic E-state index is 8.89. The Balaban J connectivity index is 2.12. The highest BCUT2D eigenvalue weighted by atomic mass is 127. The van der Waals surface area contributed by atoms with Crippen LogP contribution in [0.25, 0.3) is 0 Å². The highest BCUT2D eigenvalue weighted by molar-refractivity contribution is 14.1. The fourth-order valence-electron chi connectivity index (χ4n) is 1.87. The Morgan fingerprint density at radius 1 is 1.25 bits per heavy atom. The Hall–Kier alpha value is -1.74. The molecule has 0 atom stereocenters. The third kappa shape index (κ3) is 3.64. The van der Waals surface area contributed by atoms with Gasteiger partial charge >= 0.3 is 0 Å². The van der Waals surface area contributed by atoms with Crippen LogP contribution >= 0.6 is 22.6 Å². The summed E-state index contributed by atoms with van der Waals surface area (Å²) in [7, 11) is 1.90. The molecule has 0 bridgehead atoms. The average Bonchev–Trinajstić information content (AvgIpc) is 2.52. The molecule has 0 unspecified atom stereocenters. The van der Waals surface area contributed by atoms with E-state index in [9.17, 15) is 0 Å². The zero-order valence-electron chi connectivity index (χ0n) is 11.2. The molecule has 0 aliphatic carbocycles. The largest absolute Gasteiger partial charge is 0.489 e. The zero-order chi connectivity index (χ0) is 14.4. The first-order chi connectivity index (χ1) is 9.76. The number of nitrogens with zero attached hydrogens (tertiary/aromatic N) is 1. The predicted molar refractivity (Wildman–Crippen MR) is 89.2 cm³/mol. The molecule has 0 fully saturated rings. The van der Waals surface area contributed by atoms with Gasteiger partial charge in [0.25, 0.3) is 0 Å². The summed E-state index contributed by atoms with van der Waals surface area (Å²) in [6, 6.07) is 15.7. The third-order valence-electron chi connectivity index (χ3n) is 2.94. The summed E-state index contributed by atoms with van der Waals surface area (Å²) in [5.41, 5.74) is 3.90. The van der Waals surface area contributed by atoms with Crippen LogP contribution in [0, 0.1) is 11.3 Å². The molecule has 0 saturated carbocycles. The Bertz CT molecular complexity index is 635. The highest BCUT2D eigenvalue weighted by Gasteiger charge is 2.04. The normalized spacial score (nSPS) is 9.85. The molecular weight excluding hydrogens is 363 g/mol. The smallest absolute Gasteiger partial charge is 0.123 e. The quantitative estimate of drug-likeness (QED) is 0.629. The van der Waals surface area contributed by atoms with Crippen molar-refractivity contribution in [1.29, 1.82) is 5.26 Å². The number of alkyl halides is 1. The number of halogens is 1. The Labute approximate surface area is 132 Å². The minimum atomic E-state index is 0.470. The predicted octanol–water partition coefficient (Wildman–Crippen LogP) is 4.11. The zero-order valence-corrected chi connectivity index (χ0v) is 13.3. The van der Waals surface area contributed by atoms with E-state index in [1.54, 1.807) is 6.07 Å². The standard InChI is InChI=1S/C16H15IN2O/c1-19-15-5-6-16(14(8-15)9-17)20-11-13-4-2-3-12(7-13)10-18/h2-8,19H,9,11H2,1H3. The van der Waals surface area contributed by atoms with E-state index in [0.29, 0.717) is 12.2 Å². The second-order valence-electron chi connectivity index (χ2n) is 4.31. The van der Waals surface area contributed by atoms with Crippen LogP contribution in [0.2, 0.25) is 0 Å². The van der Waals surface area contributed by atoms with Crippen LogP contribution in [0.3, 0.4) is 0 Å². The van der Waals surface area contributed by atoms with Crippen LogP contribution < -0.4 is 10.1 Å². The van der Waals surface area contributed by atoms with Crippen molar-refractivity contribution in [1.82, 2.24) is 0 Å². The summed E-state index contributed by atoms with van der Waals surface area (Å²) >= 11 is 2.33. The van der Waals surface area contributed by atoms with Gasteiger partial charge in [-0.2, -0.15) is 5.26 Å². The number of nitriles is 1. The van der Waals surface area contributed by atoms with Gasteiger partial charge in [-0.1, -0.05) is 34.7 Å². The summed E-state index contributed by atoms with van der Waals surface area (Å²) in [5, 5.41) is 12.0. The Morgan fingerprint density at radius 2 is 2.10 bits per heavy atom. The lowest BCUT2D eigenvalue weighted by Crippen LogP contribution is -1.99. The van der Waals surface area contributed by atoms with Crippen molar-refractivity contribution in [3.05, 3.63) is 59.2 Å². The Morgan fingerprint density at radius 3 is 2.80 bits per heavy atom. The molecule has 0 radical (unpaired) electrons. The molecule has 0 saturated heterocycles. The monoisotopic (exact) mass is 378 g/mol. The van der Waals surface area contributed by atoms with Crippen LogP contribution in [-0.2, 0) is 11.0 Å². The lowest BCUT2D eigenvalue weighted by Gasteiger charge is -2.12. The van der Waals surface area contributed by atoms with E-state index >= 15 is 0 Å². The van der Waals surface area contributed by atoms with E-state index < -0.39 is 0 Å². The fraction of sp³-hybridized carbons (Fsp3) is 0.188. The number of ether oxygens (including phenoxy) is 1. The SMILES string of the molecule is CNc1ccc(OCc2cccc(C#N)c2)c(CI)c1. The molecule has 2 aromatic rings. The maximum atomic E-state index is 8.89. The molecule has 20 heavy (non-hydrogen) atoms. The van der Waals surface area contributed by atoms with Gasteiger partial charge in [0.05, 0.1) is 11.6 Å². The second-order valence-corrected chi connectivity index (χ2v) is 5.07. The molecule has 0 amide bonds. The molecule has 2 aromatic carbocycles. The molecule has 0 aliphatic rings. The van der Waals surface area contributed by atoms with Gasteiger partial charge in [-0.05, 0) is 35.9 Å². The molecule has 0 heterocycles. The van der Waals surface area contributed by atoms with Crippen molar-refractivity contribution < 1.29 is 4.74 Å². The summed E-state index contributed by atoms with van der Waals surface area (Å²) in [6.45, 7) is 0.470. The number of hydrogen-bond acceptors (Lipinski definition) is 3. The minimum absolute atomic E-state index is 0.470. The van der Waals surface area contributed by atoms with Gasteiger partial charge in [0.15, 0.2) is 0 Å². The van der Waals surface area contributed by atoms with Crippen molar-refractivity contribution in [3.63, 3.8) is 0 Å². The van der Waals surface area contributed by atoms with E-state index in [4.69, 9.17) is 10.00 Å². The molecule has 0 spiro atoms. The van der Waals surface area contributed by atoms with Gasteiger partial charge in [-0.3, -0.25) is 0 Å². The van der Waals surface area contributed by atoms with E-state index in [1.165, 1.54) is 0 Å². The lowest BCUT2D eigenvalue weighted by molar-refractivity contribution is 0.304. The van der Waals surface area contributed by atoms with Crippen molar-refractivity contribution in [2.45, 2.75) is 11.0 Å². The molecule has 0 aromatic heterocycles. The molecule has 2 rings (SSSR count). The summed E-state index contributed by atoms with van der Waals surface area (Å²) in [5.74, 6) is 0.890.